The van der Waals surface area contributed by atoms with Crippen molar-refractivity contribution in [1.29, 1.82) is 0 Å². The molecule has 3 nitrogen and oxygen atoms in total. The lowest BCUT2D eigenvalue weighted by atomic mass is 10.2. The van der Waals surface area contributed by atoms with Crippen LogP contribution in [0.25, 0.3) is 0 Å². The van der Waals surface area contributed by atoms with Gasteiger partial charge in [0.15, 0.2) is 0 Å². The van der Waals surface area contributed by atoms with Crippen molar-refractivity contribution >= 4 is 17.3 Å². The van der Waals surface area contributed by atoms with Gasteiger partial charge in [-0.3, -0.25) is 0 Å². The maximum absolute atomic E-state index is 6.11. The first-order valence-corrected chi connectivity index (χ1v) is 6.41. The molecule has 0 radical (unpaired) electrons. The average Bonchev–Trinajstić information content (AvgIpc) is 2.39. The molecule has 2 aromatic carbocycles. The first-order valence-electron chi connectivity index (χ1n) is 6.04. The van der Waals surface area contributed by atoms with Crippen LogP contribution in [-0.4, -0.2) is 14.1 Å². The van der Waals surface area contributed by atoms with Crippen molar-refractivity contribution in [3.8, 4) is 11.5 Å². The standard InChI is InChI=1S/C15H17ClN2O/c1-18(2)12-4-3-5-13(8-12)19-14-7-6-11(10-17)15(16)9-14/h3-9H,10,17H2,1-2H3. The van der Waals surface area contributed by atoms with E-state index < -0.39 is 0 Å². The highest BCUT2D eigenvalue weighted by Gasteiger charge is 2.04. The van der Waals surface area contributed by atoms with E-state index >= 15 is 0 Å². The fourth-order valence-electron chi connectivity index (χ4n) is 1.72. The summed E-state index contributed by atoms with van der Waals surface area (Å²) in [7, 11) is 3.98. The van der Waals surface area contributed by atoms with Crippen LogP contribution in [0.3, 0.4) is 0 Å². The van der Waals surface area contributed by atoms with Crippen LogP contribution in [0.4, 0.5) is 5.69 Å². The van der Waals surface area contributed by atoms with E-state index in [1.54, 1.807) is 6.07 Å². The van der Waals surface area contributed by atoms with Gasteiger partial charge < -0.3 is 15.4 Å². The van der Waals surface area contributed by atoms with Gasteiger partial charge in [-0.05, 0) is 29.8 Å². The van der Waals surface area contributed by atoms with E-state index in [9.17, 15) is 0 Å². The van der Waals surface area contributed by atoms with E-state index in [1.807, 2.05) is 55.4 Å². The zero-order chi connectivity index (χ0) is 13.8. The first kappa shape index (κ1) is 13.7. The Hall–Kier alpha value is -1.71. The molecule has 2 N–H and O–H groups in total. The molecule has 0 atom stereocenters. The average molecular weight is 277 g/mol. The molecule has 0 amide bonds. The number of hydrogen-bond donors (Lipinski definition) is 1. The fraction of sp³-hybridized carbons (Fsp3) is 0.200. The topological polar surface area (TPSA) is 38.5 Å². The molecule has 0 aliphatic heterocycles. The Labute approximate surface area is 118 Å². The summed E-state index contributed by atoms with van der Waals surface area (Å²) >= 11 is 6.11. The van der Waals surface area contributed by atoms with Gasteiger partial charge >= 0.3 is 0 Å². The third-order valence-electron chi connectivity index (χ3n) is 2.81. The third kappa shape index (κ3) is 3.40. The van der Waals surface area contributed by atoms with Gasteiger partial charge in [-0.15, -0.1) is 0 Å². The lowest BCUT2D eigenvalue weighted by molar-refractivity contribution is 0.482. The summed E-state index contributed by atoms with van der Waals surface area (Å²) in [4.78, 5) is 2.03. The molecule has 0 aliphatic rings. The summed E-state index contributed by atoms with van der Waals surface area (Å²) in [6.07, 6.45) is 0. The number of anilines is 1. The molecule has 4 heteroatoms. The van der Waals surface area contributed by atoms with Crippen LogP contribution in [0.2, 0.25) is 5.02 Å². The number of nitrogens with zero attached hydrogens (tertiary/aromatic N) is 1. The predicted octanol–water partition coefficient (Wildman–Crippen LogP) is 3.66. The first-order chi connectivity index (χ1) is 9.10. The molecule has 0 aromatic heterocycles. The lowest BCUT2D eigenvalue weighted by Gasteiger charge is -2.14. The highest BCUT2D eigenvalue weighted by molar-refractivity contribution is 6.31. The number of rotatable bonds is 4. The Bertz CT molecular complexity index is 570. The molecular weight excluding hydrogens is 260 g/mol. The van der Waals surface area contributed by atoms with E-state index in [2.05, 4.69) is 0 Å². The van der Waals surface area contributed by atoms with Crippen molar-refractivity contribution in [3.63, 3.8) is 0 Å². The Kier molecular flexibility index (Phi) is 4.30. The number of benzene rings is 2. The van der Waals surface area contributed by atoms with Gasteiger partial charge in [-0.1, -0.05) is 23.7 Å². The van der Waals surface area contributed by atoms with Gasteiger partial charge in [-0.2, -0.15) is 0 Å². The molecule has 0 aliphatic carbocycles. The molecule has 0 unspecified atom stereocenters. The van der Waals surface area contributed by atoms with Crippen molar-refractivity contribution in [3.05, 3.63) is 53.1 Å². The van der Waals surface area contributed by atoms with Gasteiger partial charge in [0, 0.05) is 37.4 Å². The number of ether oxygens (including phenoxy) is 1. The van der Waals surface area contributed by atoms with Crippen LogP contribution in [0.1, 0.15) is 5.56 Å². The van der Waals surface area contributed by atoms with Gasteiger partial charge in [0.2, 0.25) is 0 Å². The van der Waals surface area contributed by atoms with E-state index in [-0.39, 0.29) is 0 Å². The SMILES string of the molecule is CN(C)c1cccc(Oc2ccc(CN)c(Cl)c2)c1. The molecule has 100 valence electrons. The summed E-state index contributed by atoms with van der Waals surface area (Å²) < 4.78 is 5.80. The molecule has 2 aromatic rings. The molecule has 0 saturated heterocycles. The van der Waals surface area contributed by atoms with Gasteiger partial charge in [0.25, 0.3) is 0 Å². The van der Waals surface area contributed by atoms with Gasteiger partial charge in [0.05, 0.1) is 0 Å². The summed E-state index contributed by atoms with van der Waals surface area (Å²) in [6.45, 7) is 0.426. The van der Waals surface area contributed by atoms with E-state index in [0.29, 0.717) is 17.3 Å². The highest BCUT2D eigenvalue weighted by Crippen LogP contribution is 2.28. The van der Waals surface area contributed by atoms with E-state index in [1.165, 1.54) is 0 Å². The Morgan fingerprint density at radius 3 is 2.47 bits per heavy atom. The van der Waals surface area contributed by atoms with Crippen molar-refractivity contribution in [2.75, 3.05) is 19.0 Å². The predicted molar refractivity (Wildman–Crippen MR) is 80.2 cm³/mol. The molecule has 0 heterocycles. The lowest BCUT2D eigenvalue weighted by Crippen LogP contribution is -2.08. The number of nitrogens with two attached hydrogens (primary N) is 1. The summed E-state index contributed by atoms with van der Waals surface area (Å²) in [5.41, 5.74) is 7.57. The van der Waals surface area contributed by atoms with Crippen molar-refractivity contribution < 1.29 is 4.74 Å². The normalized spacial score (nSPS) is 10.3. The molecule has 0 bridgehead atoms. The molecule has 0 fully saturated rings. The minimum atomic E-state index is 0.426. The monoisotopic (exact) mass is 276 g/mol. The fourth-order valence-corrected chi connectivity index (χ4v) is 1.97. The van der Waals surface area contributed by atoms with Crippen LogP contribution >= 0.6 is 11.6 Å². The second kappa shape index (κ2) is 5.95. The van der Waals surface area contributed by atoms with Crippen LogP contribution in [0.5, 0.6) is 11.5 Å². The zero-order valence-electron chi connectivity index (χ0n) is 11.1. The summed E-state index contributed by atoms with van der Waals surface area (Å²) in [5.74, 6) is 1.49. The van der Waals surface area contributed by atoms with Crippen LogP contribution in [0, 0.1) is 0 Å². The maximum atomic E-state index is 6.11. The van der Waals surface area contributed by atoms with Gasteiger partial charge in [-0.25, -0.2) is 0 Å². The molecular formula is C15H17ClN2O. The summed E-state index contributed by atoms with van der Waals surface area (Å²) in [5, 5.41) is 0.628. The van der Waals surface area contributed by atoms with Crippen molar-refractivity contribution in [1.82, 2.24) is 0 Å². The van der Waals surface area contributed by atoms with Gasteiger partial charge in [0.1, 0.15) is 11.5 Å². The Morgan fingerprint density at radius 2 is 1.84 bits per heavy atom. The van der Waals surface area contributed by atoms with Crippen molar-refractivity contribution in [2.45, 2.75) is 6.54 Å². The van der Waals surface area contributed by atoms with Crippen molar-refractivity contribution in [2.24, 2.45) is 5.73 Å². The van der Waals surface area contributed by atoms with E-state index in [0.717, 1.165) is 17.0 Å². The quantitative estimate of drug-likeness (QED) is 0.926. The molecule has 0 spiro atoms. The summed E-state index contributed by atoms with van der Waals surface area (Å²) in [6, 6.07) is 13.4. The van der Waals surface area contributed by atoms with Crippen LogP contribution in [0.15, 0.2) is 42.5 Å². The Balaban J connectivity index is 2.21. The maximum Gasteiger partial charge on any atom is 0.129 e. The van der Waals surface area contributed by atoms with Crippen LogP contribution in [-0.2, 0) is 6.54 Å². The second-order valence-corrected chi connectivity index (χ2v) is 4.86. The number of hydrogen-bond acceptors (Lipinski definition) is 3. The minimum Gasteiger partial charge on any atom is -0.457 e. The smallest absolute Gasteiger partial charge is 0.129 e. The highest BCUT2D eigenvalue weighted by atomic mass is 35.5. The Morgan fingerprint density at radius 1 is 1.11 bits per heavy atom. The molecule has 19 heavy (non-hydrogen) atoms. The minimum absolute atomic E-state index is 0.426. The third-order valence-corrected chi connectivity index (χ3v) is 3.17. The molecule has 0 saturated carbocycles. The number of halogens is 1. The molecule has 2 rings (SSSR count). The van der Waals surface area contributed by atoms with E-state index in [4.69, 9.17) is 22.1 Å². The largest absolute Gasteiger partial charge is 0.457 e. The second-order valence-electron chi connectivity index (χ2n) is 4.45. The van der Waals surface area contributed by atoms with Crippen LogP contribution < -0.4 is 15.4 Å². The zero-order valence-corrected chi connectivity index (χ0v) is 11.8.